The van der Waals surface area contributed by atoms with Crippen LogP contribution >= 0.6 is 0 Å². The highest BCUT2D eigenvalue weighted by Crippen LogP contribution is 2.68. The standard InChI is InChI=1S/C41H63N3O20/c1-38-9-19(50)25-17(18(38)5-6-41(38,58)22(51)13-47)4-3-15-7-16(49)8-23(39(15,25)2)61-24(52)10-40(14-48)34(56)31(55)28(44)37(64-40)63-33-21(12-46)60-36(27(43)30(33)54)62-32-20(11-45)59-35(57)26(42)29(32)53/h7-8,17-21,25-37,45-48,50,53-58H,3-6,9-14,42-44H2,1-2H3/t17-,18-,19-,20+,21+,25+,26+,27+,28+,29+,30+,31+,32?,33?,34-,35+,36-,37-,38-,39+,40+,41-/m0/s1. The molecule has 7 rings (SSSR count). The molecule has 64 heavy (non-hydrogen) atoms. The lowest BCUT2D eigenvalue weighted by Gasteiger charge is -2.60. The van der Waals surface area contributed by atoms with Crippen molar-refractivity contribution in [2.45, 2.75) is 156 Å². The molecule has 0 aromatic heterocycles. The minimum Gasteiger partial charge on any atom is -0.430 e. The van der Waals surface area contributed by atoms with Gasteiger partial charge in [-0.3, -0.25) is 14.4 Å². The molecule has 4 aliphatic carbocycles. The SMILES string of the molecule is C[C@@]12C(=CC(=O)C=C1OC(=O)C[C@]1(CO)O[C@H](OC3[C@@H](CO)O[C@@H](OC4[C@@H](CO)O[C@@H](O)[C@H](N)[C@H]4O)[C@H](N)[C@H]3O)[C@H](N)[C@@H](O)[C@@H]1O)CC[C@@H]1[C@@H]2[C@@H](O)C[C@@]2(C)[C@H]1CC[C@]2(O)C(=O)CO. The number of aliphatic hydroxyl groups is 11. The van der Waals surface area contributed by atoms with Gasteiger partial charge in [0, 0.05) is 17.4 Å². The summed E-state index contributed by atoms with van der Waals surface area (Å²) in [5.41, 5.74) is 12.2. The van der Waals surface area contributed by atoms with Gasteiger partial charge in [0.05, 0.1) is 55.9 Å². The average molecular weight is 918 g/mol. The Labute approximate surface area is 367 Å². The Kier molecular flexibility index (Phi) is 14.1. The summed E-state index contributed by atoms with van der Waals surface area (Å²) in [6, 6.07) is -4.53. The van der Waals surface area contributed by atoms with Crippen LogP contribution in [0.2, 0.25) is 0 Å². The molecule has 3 saturated carbocycles. The van der Waals surface area contributed by atoms with Crippen LogP contribution in [0.25, 0.3) is 0 Å². The normalized spacial score (nSPS) is 50.4. The molecule has 22 atom stereocenters. The van der Waals surface area contributed by atoms with Crippen LogP contribution in [-0.2, 0) is 42.8 Å². The van der Waals surface area contributed by atoms with Gasteiger partial charge in [-0.15, -0.1) is 0 Å². The Hall–Kier alpha value is -2.47. The summed E-state index contributed by atoms with van der Waals surface area (Å²) in [4.78, 5) is 40.1. The summed E-state index contributed by atoms with van der Waals surface area (Å²) in [7, 11) is 0. The number of fused-ring (bicyclic) bond motifs is 5. The fourth-order valence-corrected chi connectivity index (χ4v) is 12.0. The number of hydrogen-bond acceptors (Lipinski definition) is 23. The lowest BCUT2D eigenvalue weighted by Crippen LogP contribution is -2.71. The molecule has 0 aromatic rings. The zero-order valence-electron chi connectivity index (χ0n) is 35.4. The Morgan fingerprint density at radius 3 is 2.06 bits per heavy atom. The Morgan fingerprint density at radius 2 is 1.44 bits per heavy atom. The number of esters is 1. The minimum absolute atomic E-state index is 0.0365. The summed E-state index contributed by atoms with van der Waals surface area (Å²) >= 11 is 0. The number of Topliss-reactive ketones (excluding diaryl/α,β-unsaturated/α-hetero) is 1. The summed E-state index contributed by atoms with van der Waals surface area (Å²) in [5.74, 6) is -3.84. The largest absolute Gasteiger partial charge is 0.430 e. The zero-order chi connectivity index (χ0) is 47.0. The van der Waals surface area contributed by atoms with Crippen molar-refractivity contribution in [3.05, 3.63) is 23.5 Å². The minimum atomic E-state index is -2.41. The number of carbonyl (C=O) groups is 3. The van der Waals surface area contributed by atoms with Gasteiger partial charge in [0.2, 0.25) is 0 Å². The summed E-state index contributed by atoms with van der Waals surface area (Å²) in [5, 5.41) is 119. The molecule has 0 spiro atoms. The number of ketones is 2. The quantitative estimate of drug-likeness (QED) is 0.0810. The van der Waals surface area contributed by atoms with Gasteiger partial charge in [0.1, 0.15) is 72.4 Å². The summed E-state index contributed by atoms with van der Waals surface area (Å²) in [6.45, 7) is -0.173. The maximum atomic E-state index is 14.1. The molecule has 362 valence electrons. The molecule has 0 amide bonds. The molecule has 3 heterocycles. The first-order chi connectivity index (χ1) is 30.1. The predicted octanol–water partition coefficient (Wildman–Crippen LogP) is -6.47. The summed E-state index contributed by atoms with van der Waals surface area (Å²) in [6.07, 6.45) is -16.8. The van der Waals surface area contributed by atoms with Crippen LogP contribution < -0.4 is 17.2 Å². The van der Waals surface area contributed by atoms with Crippen LogP contribution in [0, 0.1) is 28.6 Å². The Bertz CT molecular complexity index is 1840. The van der Waals surface area contributed by atoms with E-state index in [1.807, 2.05) is 0 Å². The van der Waals surface area contributed by atoms with Gasteiger partial charge in [-0.05, 0) is 56.9 Å². The van der Waals surface area contributed by atoms with E-state index in [0.717, 1.165) is 6.08 Å². The predicted molar refractivity (Wildman–Crippen MR) is 211 cm³/mol. The van der Waals surface area contributed by atoms with Gasteiger partial charge < -0.3 is 102 Å². The molecule has 2 unspecified atom stereocenters. The monoisotopic (exact) mass is 917 g/mol. The number of rotatable bonds is 12. The van der Waals surface area contributed by atoms with Crippen molar-refractivity contribution in [2.24, 2.45) is 45.8 Å². The molecular weight excluding hydrogens is 854 g/mol. The number of carbonyl (C=O) groups excluding carboxylic acids is 3. The number of allylic oxidation sites excluding steroid dienone is 3. The number of aliphatic hydroxyl groups excluding tert-OH is 10. The molecule has 0 aromatic carbocycles. The first-order valence-electron chi connectivity index (χ1n) is 21.6. The highest BCUT2D eigenvalue weighted by atomic mass is 16.7. The number of hydrogen-bond donors (Lipinski definition) is 14. The lowest BCUT2D eigenvalue weighted by molar-refractivity contribution is -0.360. The van der Waals surface area contributed by atoms with Crippen molar-refractivity contribution < 1.29 is 99.0 Å². The van der Waals surface area contributed by atoms with E-state index >= 15 is 0 Å². The second-order valence-corrected chi connectivity index (χ2v) is 19.0. The molecule has 0 bridgehead atoms. The second-order valence-electron chi connectivity index (χ2n) is 19.0. The molecular formula is C41H63N3O20. The lowest BCUT2D eigenvalue weighted by atomic mass is 9.45. The van der Waals surface area contributed by atoms with Gasteiger partial charge >= 0.3 is 5.97 Å². The summed E-state index contributed by atoms with van der Waals surface area (Å²) < 4.78 is 34.6. The van der Waals surface area contributed by atoms with Gasteiger partial charge in [-0.25, -0.2) is 0 Å². The van der Waals surface area contributed by atoms with Crippen LogP contribution in [0.5, 0.6) is 0 Å². The van der Waals surface area contributed by atoms with Crippen molar-refractivity contribution in [1.82, 2.24) is 0 Å². The molecule has 23 heteroatoms. The number of nitrogens with two attached hydrogens (primary N) is 3. The van der Waals surface area contributed by atoms with Crippen molar-refractivity contribution in [2.75, 3.05) is 26.4 Å². The highest BCUT2D eigenvalue weighted by Gasteiger charge is 2.69. The van der Waals surface area contributed by atoms with E-state index in [1.165, 1.54) is 6.08 Å². The molecule has 6 fully saturated rings. The molecule has 23 nitrogen and oxygen atoms in total. The first kappa shape index (κ1) is 49.4. The third-order valence-electron chi connectivity index (χ3n) is 15.7. The topological polar surface area (TPSA) is 407 Å². The third kappa shape index (κ3) is 7.82. The van der Waals surface area contributed by atoms with Gasteiger partial charge in [0.25, 0.3) is 0 Å². The molecule has 3 saturated heterocycles. The van der Waals surface area contributed by atoms with E-state index in [-0.39, 0.29) is 30.4 Å². The van der Waals surface area contributed by atoms with Crippen LogP contribution in [0.15, 0.2) is 23.5 Å². The smallest absolute Gasteiger partial charge is 0.314 e. The molecule has 3 aliphatic heterocycles. The van der Waals surface area contributed by atoms with Crippen LogP contribution in [0.1, 0.15) is 52.4 Å². The third-order valence-corrected chi connectivity index (χ3v) is 15.7. The van der Waals surface area contributed by atoms with E-state index in [2.05, 4.69) is 0 Å². The van der Waals surface area contributed by atoms with Crippen molar-refractivity contribution in [3.8, 4) is 0 Å². The van der Waals surface area contributed by atoms with Crippen LogP contribution in [0.3, 0.4) is 0 Å². The van der Waals surface area contributed by atoms with Gasteiger partial charge in [-0.1, -0.05) is 12.5 Å². The van der Waals surface area contributed by atoms with Crippen molar-refractivity contribution in [1.29, 1.82) is 0 Å². The van der Waals surface area contributed by atoms with E-state index in [1.54, 1.807) is 13.8 Å². The molecule has 0 radical (unpaired) electrons. The second kappa shape index (κ2) is 18.2. The van der Waals surface area contributed by atoms with Gasteiger partial charge in [0.15, 0.2) is 30.4 Å². The Balaban J connectivity index is 1.08. The first-order valence-corrected chi connectivity index (χ1v) is 21.6. The fourth-order valence-electron chi connectivity index (χ4n) is 12.0. The van der Waals surface area contributed by atoms with Crippen LogP contribution in [-0.4, -0.2) is 203 Å². The van der Waals surface area contributed by atoms with E-state index in [0.29, 0.717) is 24.8 Å². The fraction of sp³-hybridized carbons (Fsp3) is 0.829. The zero-order valence-corrected chi connectivity index (χ0v) is 35.4. The maximum absolute atomic E-state index is 14.1. The van der Waals surface area contributed by atoms with Crippen molar-refractivity contribution >= 4 is 17.5 Å². The maximum Gasteiger partial charge on any atom is 0.314 e. The van der Waals surface area contributed by atoms with Gasteiger partial charge in [-0.2, -0.15) is 0 Å². The van der Waals surface area contributed by atoms with Crippen molar-refractivity contribution in [3.63, 3.8) is 0 Å². The average Bonchev–Trinajstić information content (AvgIpc) is 3.53. The van der Waals surface area contributed by atoms with E-state index in [9.17, 15) is 70.6 Å². The highest BCUT2D eigenvalue weighted by molar-refractivity contribution is 6.02. The Morgan fingerprint density at radius 1 is 0.828 bits per heavy atom. The molecule has 17 N–H and O–H groups in total. The molecule has 7 aliphatic rings. The van der Waals surface area contributed by atoms with E-state index < -0.39 is 170 Å². The van der Waals surface area contributed by atoms with Crippen LogP contribution in [0.4, 0.5) is 0 Å². The van der Waals surface area contributed by atoms with E-state index in [4.69, 9.17) is 45.6 Å². The number of ether oxygens (including phenoxy) is 6.